The minimum Gasteiger partial charge on any atom is -0.379 e. The molecule has 0 saturated carbocycles. The first-order chi connectivity index (χ1) is 23.6. The highest BCUT2D eigenvalue weighted by Gasteiger charge is 2.29. The summed E-state index contributed by atoms with van der Waals surface area (Å²) in [6, 6.07) is 0. The van der Waals surface area contributed by atoms with Crippen LogP contribution in [0.15, 0.2) is 0 Å². The lowest BCUT2D eigenvalue weighted by Crippen LogP contribution is -2.26. The standard InChI is InChI=1S/C39H82NO7P/c1-5-7-9-11-13-15-17-19-21-23-25-27-29-31-34-43-37-39(38-46-48(41,47-42-4)45-36-33-40-3)44-35-32-30-28-26-24-22-20-18-16-14-12-10-8-6-2/h39-40H,5-38H2,1-4H3. The van der Waals surface area contributed by atoms with E-state index in [0.29, 0.717) is 26.4 Å². The topological polar surface area (TPSA) is 84.5 Å². The molecule has 2 unspecified atom stereocenters. The van der Waals surface area contributed by atoms with Crippen molar-refractivity contribution in [3.05, 3.63) is 0 Å². The van der Waals surface area contributed by atoms with E-state index in [9.17, 15) is 4.57 Å². The van der Waals surface area contributed by atoms with Gasteiger partial charge in [0.2, 0.25) is 0 Å². The van der Waals surface area contributed by atoms with E-state index in [1.165, 1.54) is 168 Å². The second kappa shape index (κ2) is 39.7. The number of rotatable bonds is 42. The average Bonchev–Trinajstić information content (AvgIpc) is 3.08. The van der Waals surface area contributed by atoms with Crippen LogP contribution in [0.1, 0.15) is 194 Å². The molecule has 0 spiro atoms. The van der Waals surface area contributed by atoms with Crippen molar-refractivity contribution in [1.82, 2.24) is 5.32 Å². The van der Waals surface area contributed by atoms with Crippen LogP contribution in [-0.4, -0.2) is 59.8 Å². The van der Waals surface area contributed by atoms with Gasteiger partial charge in [0.1, 0.15) is 6.10 Å². The summed E-state index contributed by atoms with van der Waals surface area (Å²) in [6.45, 7) is 7.02. The van der Waals surface area contributed by atoms with Gasteiger partial charge < -0.3 is 14.8 Å². The van der Waals surface area contributed by atoms with Crippen LogP contribution in [0.25, 0.3) is 0 Å². The molecule has 8 nitrogen and oxygen atoms in total. The molecule has 0 aromatic heterocycles. The molecule has 0 amide bonds. The summed E-state index contributed by atoms with van der Waals surface area (Å²) in [5.41, 5.74) is 0. The summed E-state index contributed by atoms with van der Waals surface area (Å²) >= 11 is 0. The van der Waals surface area contributed by atoms with Crippen LogP contribution in [0.5, 0.6) is 0 Å². The van der Waals surface area contributed by atoms with Gasteiger partial charge in [-0.25, -0.2) is 9.45 Å². The van der Waals surface area contributed by atoms with Crippen LogP contribution in [0, 0.1) is 0 Å². The van der Waals surface area contributed by atoms with Gasteiger partial charge >= 0.3 is 7.82 Å². The maximum absolute atomic E-state index is 12.9. The lowest BCUT2D eigenvalue weighted by Gasteiger charge is -2.21. The number of hydrogen-bond acceptors (Lipinski definition) is 8. The van der Waals surface area contributed by atoms with E-state index in [2.05, 4.69) is 24.1 Å². The molecule has 0 aliphatic rings. The number of unbranched alkanes of at least 4 members (excludes halogenated alkanes) is 26. The molecular weight excluding hydrogens is 625 g/mol. The maximum atomic E-state index is 12.9. The van der Waals surface area contributed by atoms with Crippen LogP contribution in [0.4, 0.5) is 0 Å². The lowest BCUT2D eigenvalue weighted by molar-refractivity contribution is -0.203. The lowest BCUT2D eigenvalue weighted by atomic mass is 10.0. The fourth-order valence-corrected chi connectivity index (χ4v) is 6.92. The van der Waals surface area contributed by atoms with Crippen LogP contribution >= 0.6 is 7.82 Å². The van der Waals surface area contributed by atoms with Gasteiger partial charge in [0.15, 0.2) is 0 Å². The third-order valence-corrected chi connectivity index (χ3v) is 10.3. The number of ether oxygens (including phenoxy) is 2. The Morgan fingerprint density at radius 1 is 0.500 bits per heavy atom. The van der Waals surface area contributed by atoms with E-state index < -0.39 is 7.82 Å². The zero-order valence-corrected chi connectivity index (χ0v) is 33.3. The fourth-order valence-electron chi connectivity index (χ4n) is 5.91. The highest BCUT2D eigenvalue weighted by Crippen LogP contribution is 2.49. The number of phosphoric ester groups is 1. The van der Waals surface area contributed by atoms with Gasteiger partial charge in [-0.15, -0.1) is 4.67 Å². The van der Waals surface area contributed by atoms with Gasteiger partial charge in [0.05, 0.1) is 26.9 Å². The Bertz CT molecular complexity index is 658. The second-order valence-corrected chi connectivity index (χ2v) is 15.2. The number of hydrogen-bond donors (Lipinski definition) is 1. The third-order valence-electron chi connectivity index (χ3n) is 8.98. The van der Waals surface area contributed by atoms with Crippen LogP contribution in [-0.2, 0) is 32.6 Å². The van der Waals surface area contributed by atoms with Gasteiger partial charge in [-0.3, -0.25) is 9.05 Å². The van der Waals surface area contributed by atoms with Crippen molar-refractivity contribution in [3.63, 3.8) is 0 Å². The number of phosphoric acid groups is 1. The van der Waals surface area contributed by atoms with Crippen molar-refractivity contribution in [2.75, 3.05) is 53.7 Å². The predicted molar refractivity (Wildman–Crippen MR) is 203 cm³/mol. The molecule has 290 valence electrons. The van der Waals surface area contributed by atoms with Crippen molar-refractivity contribution in [3.8, 4) is 0 Å². The average molecular weight is 708 g/mol. The molecule has 0 radical (unpaired) electrons. The molecule has 9 heteroatoms. The third kappa shape index (κ3) is 35.8. The minimum atomic E-state index is -3.85. The van der Waals surface area contributed by atoms with Gasteiger partial charge in [-0.05, 0) is 19.9 Å². The maximum Gasteiger partial charge on any atom is 0.502 e. The highest BCUT2D eigenvalue weighted by atomic mass is 31.2. The SMILES string of the molecule is CCCCCCCCCCCCCCCCOCC(COP(=O)(OCCNC)OOC)OCCCCCCCCCCCCCCCC. The fraction of sp³-hybridized carbons (Fsp3) is 1.00. The van der Waals surface area contributed by atoms with Gasteiger partial charge in [0.25, 0.3) is 0 Å². The van der Waals surface area contributed by atoms with Crippen LogP contribution < -0.4 is 5.32 Å². The largest absolute Gasteiger partial charge is 0.502 e. The molecule has 0 fully saturated rings. The number of likely N-dealkylation sites (N-methyl/N-ethyl adjacent to an activating group) is 1. The summed E-state index contributed by atoms with van der Waals surface area (Å²) < 4.78 is 40.9. The van der Waals surface area contributed by atoms with Crippen molar-refractivity contribution < 1.29 is 32.6 Å². The summed E-state index contributed by atoms with van der Waals surface area (Å²) in [5, 5.41) is 2.95. The summed E-state index contributed by atoms with van der Waals surface area (Å²) in [5.74, 6) is 0. The smallest absolute Gasteiger partial charge is 0.379 e. The Kier molecular flexibility index (Phi) is 39.7. The molecular formula is C39H82NO7P. The summed E-state index contributed by atoms with van der Waals surface area (Å²) in [7, 11) is -0.765. The first-order valence-corrected chi connectivity index (χ1v) is 22.0. The molecule has 0 rings (SSSR count). The molecule has 1 N–H and O–H groups in total. The van der Waals surface area contributed by atoms with E-state index in [0.717, 1.165) is 19.3 Å². The first kappa shape index (κ1) is 48.0. The van der Waals surface area contributed by atoms with E-state index in [1.54, 1.807) is 7.05 Å². The van der Waals surface area contributed by atoms with Gasteiger partial charge in [-0.2, -0.15) is 0 Å². The summed E-state index contributed by atoms with van der Waals surface area (Å²) in [6.07, 6.45) is 36.9. The van der Waals surface area contributed by atoms with Crippen LogP contribution in [0.3, 0.4) is 0 Å². The Labute approximate surface area is 298 Å². The molecule has 0 heterocycles. The molecule has 0 aromatic carbocycles. The number of nitrogens with one attached hydrogen (secondary N) is 1. The van der Waals surface area contributed by atoms with E-state index in [-0.39, 0.29) is 19.3 Å². The van der Waals surface area contributed by atoms with Gasteiger partial charge in [0, 0.05) is 19.8 Å². The summed E-state index contributed by atoms with van der Waals surface area (Å²) in [4.78, 5) is 4.65. The van der Waals surface area contributed by atoms with Crippen molar-refractivity contribution in [1.29, 1.82) is 0 Å². The van der Waals surface area contributed by atoms with E-state index in [4.69, 9.17) is 23.2 Å². The zero-order valence-electron chi connectivity index (χ0n) is 32.4. The first-order valence-electron chi connectivity index (χ1n) is 20.6. The normalized spacial score (nSPS) is 13.7. The minimum absolute atomic E-state index is 0.0531. The Hall–Kier alpha value is -0.0500. The van der Waals surface area contributed by atoms with Gasteiger partial charge in [-0.1, -0.05) is 181 Å². The van der Waals surface area contributed by atoms with Crippen LogP contribution in [0.2, 0.25) is 0 Å². The second-order valence-electron chi connectivity index (χ2n) is 13.7. The van der Waals surface area contributed by atoms with E-state index >= 15 is 0 Å². The molecule has 0 aromatic rings. The van der Waals surface area contributed by atoms with E-state index in [1.807, 2.05) is 0 Å². The zero-order chi connectivity index (χ0) is 35.1. The Morgan fingerprint density at radius 2 is 0.896 bits per heavy atom. The Balaban J connectivity index is 4.14. The highest BCUT2D eigenvalue weighted by molar-refractivity contribution is 7.48. The van der Waals surface area contributed by atoms with Crippen molar-refractivity contribution in [2.45, 2.75) is 200 Å². The molecule has 2 atom stereocenters. The van der Waals surface area contributed by atoms with Crippen molar-refractivity contribution >= 4 is 7.82 Å². The molecule has 0 saturated heterocycles. The van der Waals surface area contributed by atoms with Crippen molar-refractivity contribution in [2.24, 2.45) is 0 Å². The predicted octanol–water partition coefficient (Wildman–Crippen LogP) is 12.3. The molecule has 0 aliphatic carbocycles. The molecule has 0 bridgehead atoms. The molecule has 0 aliphatic heterocycles. The quantitative estimate of drug-likeness (QED) is 0.0290. The monoisotopic (exact) mass is 708 g/mol. The Morgan fingerprint density at radius 3 is 1.29 bits per heavy atom. The molecule has 48 heavy (non-hydrogen) atoms.